The second kappa shape index (κ2) is 9.11. The number of hydrogen-bond acceptors (Lipinski definition) is 2. The number of hydrogen-bond donors (Lipinski definition) is 2. The Hall–Kier alpha value is 0.0373. The molecule has 0 aromatic carbocycles. The van der Waals surface area contributed by atoms with E-state index in [4.69, 9.17) is 17.5 Å². The molecule has 16 heteroatoms. The van der Waals surface area contributed by atoms with Gasteiger partial charge in [0.05, 0.1) is 0 Å². The Bertz CT molecular complexity index is 215. The van der Waals surface area contributed by atoms with Crippen LogP contribution in [0.5, 0.6) is 0 Å². The molecular formula is H3B2F8LiO4S-2. The Kier molecular flexibility index (Phi) is 14.2. The van der Waals surface area contributed by atoms with Gasteiger partial charge >= 0.3 is 43.8 Å². The van der Waals surface area contributed by atoms with E-state index in [1.54, 1.807) is 0 Å². The van der Waals surface area contributed by atoms with Crippen LogP contribution >= 0.6 is 0 Å². The molecule has 0 heterocycles. The topological polar surface area (TPSA) is 74.6 Å². The van der Waals surface area contributed by atoms with Gasteiger partial charge in [0.15, 0.2) is 0 Å². The molecule has 0 fully saturated rings. The van der Waals surface area contributed by atoms with Gasteiger partial charge in [-0.3, -0.25) is 9.11 Å². The van der Waals surface area contributed by atoms with Gasteiger partial charge in [-0.15, -0.1) is 0 Å². The van der Waals surface area contributed by atoms with E-state index < -0.39 is 24.9 Å². The summed E-state index contributed by atoms with van der Waals surface area (Å²) in [4.78, 5) is 0. The zero-order valence-electron chi connectivity index (χ0n) is 8.30. The molecule has 0 saturated heterocycles. The van der Waals surface area contributed by atoms with E-state index in [9.17, 15) is 34.5 Å². The smallest absolute Gasteiger partial charge is 1.00 e. The molecular weight excluding hydrogens is 277 g/mol. The first-order valence-corrected chi connectivity index (χ1v) is 3.84. The molecule has 0 rings (SSSR count). The summed E-state index contributed by atoms with van der Waals surface area (Å²) in [6.45, 7) is 0. The summed E-state index contributed by atoms with van der Waals surface area (Å²) in [5.41, 5.74) is 0. The maximum atomic E-state index is 9.75. The minimum absolute atomic E-state index is 0. The minimum atomic E-state index is -6.00. The number of halogens is 8. The largest absolute Gasteiger partial charge is 1.00 e. The first-order valence-electron chi connectivity index (χ1n) is 2.44. The van der Waals surface area contributed by atoms with E-state index in [1.807, 2.05) is 0 Å². The Labute approximate surface area is 97.8 Å². The van der Waals surface area contributed by atoms with Crippen LogP contribution < -0.4 is 18.9 Å². The summed E-state index contributed by atoms with van der Waals surface area (Å²) in [6.07, 6.45) is 0. The molecule has 4 nitrogen and oxygen atoms in total. The van der Waals surface area contributed by atoms with Crippen molar-refractivity contribution in [2.24, 2.45) is 0 Å². The van der Waals surface area contributed by atoms with Crippen molar-refractivity contribution in [3.8, 4) is 0 Å². The molecule has 2 N–H and O–H groups in total. The molecule has 0 radical (unpaired) electrons. The van der Waals surface area contributed by atoms with Gasteiger partial charge in [0.1, 0.15) is 0 Å². The zero-order valence-corrected chi connectivity index (χ0v) is 8.11. The monoisotopic (exact) mass is 280 g/mol. The van der Waals surface area contributed by atoms with E-state index in [-0.39, 0.29) is 20.3 Å². The van der Waals surface area contributed by atoms with Gasteiger partial charge in [0.25, 0.3) is 0 Å². The quantitative estimate of drug-likeness (QED) is 0.341. The molecule has 0 saturated carbocycles. The molecule has 0 aromatic heterocycles. The molecule has 0 amide bonds. The maximum Gasteiger partial charge on any atom is 1.00 e. The standard InChI is InChI=1S/2BF4.Li.H2O4S.H/c2*2-1(3,4)5;;1-5(2,3)4;/h;;;(H2,1,2,3,4);/q2*-1;+1;;-1. The Morgan fingerprint density at radius 2 is 0.750 bits per heavy atom. The summed E-state index contributed by atoms with van der Waals surface area (Å²) in [6, 6.07) is 0. The summed E-state index contributed by atoms with van der Waals surface area (Å²) < 4.78 is 110. The van der Waals surface area contributed by atoms with Gasteiger partial charge in [-0.2, -0.15) is 8.42 Å². The first kappa shape index (κ1) is 25.0. The number of rotatable bonds is 0. The van der Waals surface area contributed by atoms with Crippen molar-refractivity contribution >= 4 is 24.9 Å². The van der Waals surface area contributed by atoms with E-state index in [1.165, 1.54) is 0 Å². The molecule has 0 aromatic rings. The molecule has 0 aliphatic rings. The van der Waals surface area contributed by atoms with Crippen molar-refractivity contribution in [2.75, 3.05) is 0 Å². The van der Waals surface area contributed by atoms with Crippen molar-refractivity contribution in [3.63, 3.8) is 0 Å². The summed E-state index contributed by atoms with van der Waals surface area (Å²) >= 11 is 0. The minimum Gasteiger partial charge on any atom is -1.00 e. The van der Waals surface area contributed by atoms with Crippen molar-refractivity contribution in [2.45, 2.75) is 0 Å². The van der Waals surface area contributed by atoms with Crippen LogP contribution in [-0.4, -0.2) is 32.0 Å². The second-order valence-corrected chi connectivity index (χ2v) is 2.33. The van der Waals surface area contributed by atoms with E-state index in [0.29, 0.717) is 0 Å². The summed E-state index contributed by atoms with van der Waals surface area (Å²) in [7, 11) is -16.7. The molecule has 0 aliphatic heterocycles. The molecule has 16 heavy (non-hydrogen) atoms. The molecule has 0 aliphatic carbocycles. The fourth-order valence-corrected chi connectivity index (χ4v) is 0. The molecule has 0 spiro atoms. The van der Waals surface area contributed by atoms with Crippen LogP contribution in [0.1, 0.15) is 1.43 Å². The van der Waals surface area contributed by atoms with Crippen LogP contribution in [0, 0.1) is 0 Å². The van der Waals surface area contributed by atoms with Crippen molar-refractivity contribution in [1.82, 2.24) is 0 Å². The van der Waals surface area contributed by atoms with Crippen molar-refractivity contribution in [1.29, 1.82) is 0 Å². The van der Waals surface area contributed by atoms with E-state index in [0.717, 1.165) is 0 Å². The van der Waals surface area contributed by atoms with Crippen LogP contribution in [0.3, 0.4) is 0 Å². The Morgan fingerprint density at radius 1 is 0.750 bits per heavy atom. The van der Waals surface area contributed by atoms with Crippen molar-refractivity contribution < 1.29 is 72.3 Å². The SMILES string of the molecule is F[B-](F)(F)F.F[B-](F)(F)F.O=S(=O)(O)O.[H-].[Li+]. The van der Waals surface area contributed by atoms with Crippen LogP contribution in [0.25, 0.3) is 0 Å². The fourth-order valence-electron chi connectivity index (χ4n) is 0. The summed E-state index contributed by atoms with van der Waals surface area (Å²) in [5, 5.41) is 0. The average Bonchev–Trinajstić information content (AvgIpc) is 1.41. The maximum absolute atomic E-state index is 9.75. The van der Waals surface area contributed by atoms with Crippen LogP contribution in [-0.2, 0) is 10.4 Å². The molecule has 0 bridgehead atoms. The van der Waals surface area contributed by atoms with Gasteiger partial charge in [-0.1, -0.05) is 0 Å². The van der Waals surface area contributed by atoms with Gasteiger partial charge in [-0.25, -0.2) is 0 Å². The fraction of sp³-hybridized carbons (Fsp3) is 0. The van der Waals surface area contributed by atoms with Gasteiger partial charge in [0.2, 0.25) is 0 Å². The molecule has 0 atom stereocenters. The third kappa shape index (κ3) is 1720000. The predicted octanol–water partition coefficient (Wildman–Crippen LogP) is -0.936. The second-order valence-electron chi connectivity index (χ2n) is 1.44. The zero-order chi connectivity index (χ0) is 13.5. The van der Waals surface area contributed by atoms with Crippen LogP contribution in [0.2, 0.25) is 0 Å². The predicted molar refractivity (Wildman–Crippen MR) is 35.7 cm³/mol. The van der Waals surface area contributed by atoms with E-state index >= 15 is 0 Å². The third-order valence-electron chi connectivity index (χ3n) is 0. The van der Waals surface area contributed by atoms with Gasteiger partial charge in [0, 0.05) is 0 Å². The molecule has 98 valence electrons. The average molecular weight is 280 g/mol. The van der Waals surface area contributed by atoms with Crippen molar-refractivity contribution in [3.05, 3.63) is 0 Å². The first-order chi connectivity index (χ1) is 6.00. The third-order valence-corrected chi connectivity index (χ3v) is 0. The Morgan fingerprint density at radius 3 is 0.750 bits per heavy atom. The van der Waals surface area contributed by atoms with Crippen LogP contribution in [0.15, 0.2) is 0 Å². The normalized spacial score (nSPS) is 11.1. The molecule has 0 unspecified atom stereocenters. The van der Waals surface area contributed by atoms with Crippen LogP contribution in [0.4, 0.5) is 34.5 Å². The van der Waals surface area contributed by atoms with Gasteiger partial charge in [-0.05, 0) is 0 Å². The summed E-state index contributed by atoms with van der Waals surface area (Å²) in [5.74, 6) is 0. The Balaban J connectivity index is -0.0000000400. The van der Waals surface area contributed by atoms with Gasteiger partial charge < -0.3 is 36.0 Å². The van der Waals surface area contributed by atoms with E-state index in [2.05, 4.69) is 0 Å².